The van der Waals surface area contributed by atoms with E-state index in [2.05, 4.69) is 0 Å². The van der Waals surface area contributed by atoms with Gasteiger partial charge < -0.3 is 10.5 Å². The third-order valence-corrected chi connectivity index (χ3v) is 3.17. The van der Waals surface area contributed by atoms with Crippen LogP contribution in [0.2, 0.25) is 0 Å². The molecule has 3 nitrogen and oxygen atoms in total. The van der Waals surface area contributed by atoms with Crippen LogP contribution in [0.1, 0.15) is 37.7 Å². The van der Waals surface area contributed by atoms with E-state index in [0.29, 0.717) is 12.8 Å². The second kappa shape index (κ2) is 5.71. The van der Waals surface area contributed by atoms with Crippen LogP contribution < -0.4 is 5.73 Å². The number of benzene rings is 1. The molecule has 1 aromatic carbocycles. The van der Waals surface area contributed by atoms with E-state index in [9.17, 15) is 4.79 Å². The highest BCUT2D eigenvalue weighted by Gasteiger charge is 2.18. The van der Waals surface area contributed by atoms with Crippen LogP contribution in [-0.2, 0) is 16.0 Å². The highest BCUT2D eigenvalue weighted by atomic mass is 16.5. The molecule has 0 unspecified atom stereocenters. The van der Waals surface area contributed by atoms with Crippen LogP contribution in [0.4, 0.5) is 5.69 Å². The average Bonchev–Trinajstić information content (AvgIpc) is 2.79. The number of aryl methyl sites for hydroxylation is 1. The number of nitrogens with two attached hydrogens (primary N) is 1. The minimum atomic E-state index is -0.0840. The maximum atomic E-state index is 11.6. The van der Waals surface area contributed by atoms with Gasteiger partial charge in [-0.15, -0.1) is 0 Å². The van der Waals surface area contributed by atoms with Gasteiger partial charge in [-0.2, -0.15) is 0 Å². The fraction of sp³-hybridized carbons (Fsp3) is 0.500. The zero-order chi connectivity index (χ0) is 12.1. The van der Waals surface area contributed by atoms with Gasteiger partial charge in [0.25, 0.3) is 0 Å². The van der Waals surface area contributed by atoms with E-state index in [1.54, 1.807) is 0 Å². The number of nitrogen functional groups attached to an aromatic ring is 1. The Kier molecular flexibility index (Phi) is 4.02. The van der Waals surface area contributed by atoms with E-state index < -0.39 is 0 Å². The van der Waals surface area contributed by atoms with Crippen molar-refractivity contribution in [1.82, 2.24) is 0 Å². The normalized spacial score (nSPS) is 16.0. The van der Waals surface area contributed by atoms with Crippen LogP contribution in [0.3, 0.4) is 0 Å². The lowest BCUT2D eigenvalue weighted by atomic mass is 10.1. The van der Waals surface area contributed by atoms with Crippen molar-refractivity contribution >= 4 is 11.7 Å². The summed E-state index contributed by atoms with van der Waals surface area (Å²) in [6.45, 7) is 0. The van der Waals surface area contributed by atoms with E-state index in [4.69, 9.17) is 10.5 Å². The number of hydrogen-bond acceptors (Lipinski definition) is 3. The molecule has 17 heavy (non-hydrogen) atoms. The summed E-state index contributed by atoms with van der Waals surface area (Å²) in [5.74, 6) is -0.0840. The van der Waals surface area contributed by atoms with Crippen LogP contribution >= 0.6 is 0 Å². The minimum absolute atomic E-state index is 0.0840. The summed E-state index contributed by atoms with van der Waals surface area (Å²) in [4.78, 5) is 11.6. The summed E-state index contributed by atoms with van der Waals surface area (Å²) < 4.78 is 5.39. The summed E-state index contributed by atoms with van der Waals surface area (Å²) in [7, 11) is 0. The number of esters is 1. The molecule has 0 atom stereocenters. The molecule has 1 saturated carbocycles. The van der Waals surface area contributed by atoms with Crippen molar-refractivity contribution in [2.45, 2.75) is 44.6 Å². The Morgan fingerprint density at radius 2 is 2.12 bits per heavy atom. The van der Waals surface area contributed by atoms with Gasteiger partial charge >= 0.3 is 5.97 Å². The van der Waals surface area contributed by atoms with Crippen LogP contribution in [-0.4, -0.2) is 12.1 Å². The first-order valence-corrected chi connectivity index (χ1v) is 6.28. The molecule has 0 bridgehead atoms. The number of rotatable bonds is 4. The first-order valence-electron chi connectivity index (χ1n) is 6.28. The van der Waals surface area contributed by atoms with Gasteiger partial charge in [-0.05, 0) is 49.8 Å². The van der Waals surface area contributed by atoms with Crippen LogP contribution in [0.15, 0.2) is 24.3 Å². The molecule has 1 aliphatic carbocycles. The Morgan fingerprint density at radius 1 is 1.35 bits per heavy atom. The smallest absolute Gasteiger partial charge is 0.306 e. The van der Waals surface area contributed by atoms with Crippen LogP contribution in [0.25, 0.3) is 0 Å². The Balaban J connectivity index is 1.75. The van der Waals surface area contributed by atoms with Gasteiger partial charge in [0.1, 0.15) is 6.10 Å². The fourth-order valence-corrected chi connectivity index (χ4v) is 2.25. The van der Waals surface area contributed by atoms with E-state index >= 15 is 0 Å². The van der Waals surface area contributed by atoms with Crippen LogP contribution in [0, 0.1) is 0 Å². The summed E-state index contributed by atoms with van der Waals surface area (Å²) >= 11 is 0. The first-order chi connectivity index (χ1) is 8.24. The monoisotopic (exact) mass is 233 g/mol. The predicted molar refractivity (Wildman–Crippen MR) is 67.5 cm³/mol. The van der Waals surface area contributed by atoms with E-state index in [1.165, 1.54) is 12.8 Å². The van der Waals surface area contributed by atoms with Crippen LogP contribution in [0.5, 0.6) is 0 Å². The largest absolute Gasteiger partial charge is 0.462 e. The van der Waals surface area contributed by atoms with Crippen molar-refractivity contribution in [3.8, 4) is 0 Å². The summed E-state index contributed by atoms with van der Waals surface area (Å²) in [6, 6.07) is 7.65. The second-order valence-electron chi connectivity index (χ2n) is 4.64. The summed E-state index contributed by atoms with van der Waals surface area (Å²) in [6.07, 6.45) is 5.76. The summed E-state index contributed by atoms with van der Waals surface area (Å²) in [5, 5.41) is 0. The molecule has 1 aromatic rings. The van der Waals surface area contributed by atoms with Crippen molar-refractivity contribution in [3.63, 3.8) is 0 Å². The molecule has 3 heteroatoms. The number of carbonyl (C=O) groups is 1. The SMILES string of the molecule is Nc1cccc(CCC(=O)OC2CCCC2)c1. The lowest BCUT2D eigenvalue weighted by Crippen LogP contribution is -2.15. The first kappa shape index (κ1) is 12.0. The molecule has 0 spiro atoms. The highest BCUT2D eigenvalue weighted by molar-refractivity contribution is 5.70. The van der Waals surface area contributed by atoms with Crippen molar-refractivity contribution in [2.24, 2.45) is 0 Å². The Labute approximate surface area is 102 Å². The highest BCUT2D eigenvalue weighted by Crippen LogP contribution is 2.21. The molecule has 2 N–H and O–H groups in total. The minimum Gasteiger partial charge on any atom is -0.462 e. The number of anilines is 1. The molecule has 0 saturated heterocycles. The fourth-order valence-electron chi connectivity index (χ4n) is 2.25. The molecule has 0 heterocycles. The predicted octanol–water partition coefficient (Wildman–Crippen LogP) is 2.69. The zero-order valence-corrected chi connectivity index (χ0v) is 10.0. The third-order valence-electron chi connectivity index (χ3n) is 3.17. The number of hydrogen-bond donors (Lipinski definition) is 1. The van der Waals surface area contributed by atoms with E-state index in [1.807, 2.05) is 24.3 Å². The van der Waals surface area contributed by atoms with Gasteiger partial charge in [-0.3, -0.25) is 4.79 Å². The molecule has 92 valence electrons. The van der Waals surface area contributed by atoms with E-state index in [-0.39, 0.29) is 12.1 Å². The Bertz CT molecular complexity index is 384. The third kappa shape index (κ3) is 3.77. The Hall–Kier alpha value is -1.51. The van der Waals surface area contributed by atoms with Gasteiger partial charge in [-0.25, -0.2) is 0 Å². The van der Waals surface area contributed by atoms with Gasteiger partial charge in [0.05, 0.1) is 0 Å². The molecule has 0 amide bonds. The standard InChI is InChI=1S/C14H19NO2/c15-12-5-3-4-11(10-12)8-9-14(16)17-13-6-1-2-7-13/h3-5,10,13H,1-2,6-9,15H2. The second-order valence-corrected chi connectivity index (χ2v) is 4.64. The quantitative estimate of drug-likeness (QED) is 0.642. The van der Waals surface area contributed by atoms with E-state index in [0.717, 1.165) is 24.1 Å². The molecule has 1 fully saturated rings. The molecular formula is C14H19NO2. The van der Waals surface area contributed by atoms with Crippen molar-refractivity contribution < 1.29 is 9.53 Å². The van der Waals surface area contributed by atoms with Gasteiger partial charge in [0, 0.05) is 12.1 Å². The molecule has 0 aliphatic heterocycles. The molecule has 2 rings (SSSR count). The average molecular weight is 233 g/mol. The van der Waals surface area contributed by atoms with Crippen molar-refractivity contribution in [3.05, 3.63) is 29.8 Å². The maximum Gasteiger partial charge on any atom is 0.306 e. The number of ether oxygens (including phenoxy) is 1. The molecular weight excluding hydrogens is 214 g/mol. The van der Waals surface area contributed by atoms with Gasteiger partial charge in [-0.1, -0.05) is 12.1 Å². The lowest BCUT2D eigenvalue weighted by molar-refractivity contribution is -0.148. The molecule has 0 radical (unpaired) electrons. The topological polar surface area (TPSA) is 52.3 Å². The lowest BCUT2D eigenvalue weighted by Gasteiger charge is -2.11. The summed E-state index contributed by atoms with van der Waals surface area (Å²) in [5.41, 5.74) is 7.51. The number of carbonyl (C=O) groups excluding carboxylic acids is 1. The zero-order valence-electron chi connectivity index (χ0n) is 10.0. The molecule has 1 aliphatic rings. The Morgan fingerprint density at radius 3 is 2.82 bits per heavy atom. The molecule has 0 aromatic heterocycles. The van der Waals surface area contributed by atoms with Crippen molar-refractivity contribution in [1.29, 1.82) is 0 Å². The van der Waals surface area contributed by atoms with Crippen molar-refractivity contribution in [2.75, 3.05) is 5.73 Å². The van der Waals surface area contributed by atoms with Gasteiger partial charge in [0.15, 0.2) is 0 Å². The maximum absolute atomic E-state index is 11.6. The van der Waals surface area contributed by atoms with Gasteiger partial charge in [0.2, 0.25) is 0 Å².